The Balaban J connectivity index is 3.29. The van der Waals surface area contributed by atoms with E-state index in [1.165, 1.54) is 13.3 Å². The van der Waals surface area contributed by atoms with Crippen molar-refractivity contribution in [2.45, 2.75) is 0 Å². The summed E-state index contributed by atoms with van der Waals surface area (Å²) in [6.45, 7) is 0. The molecule has 0 radical (unpaired) electrons. The monoisotopic (exact) mass is 185 g/mol. The first-order valence-corrected chi connectivity index (χ1v) is 3.57. The Hall–Kier alpha value is -1.29. The largest absolute Gasteiger partial charge is 0.480 e. The van der Waals surface area contributed by atoms with Gasteiger partial charge in [-0.15, -0.1) is 0 Å². The van der Waals surface area contributed by atoms with Gasteiger partial charge in [-0.05, 0) is 6.07 Å². The van der Waals surface area contributed by atoms with Crippen LogP contribution < -0.4 is 10.5 Å². The SMILES string of the molecule is COc1nccc(Cl)c1C(=N)N. The highest BCUT2D eigenvalue weighted by Crippen LogP contribution is 2.22. The molecule has 0 bridgehead atoms. The highest BCUT2D eigenvalue weighted by molar-refractivity contribution is 6.34. The number of rotatable bonds is 2. The van der Waals surface area contributed by atoms with Crippen LogP contribution in [0.3, 0.4) is 0 Å². The Morgan fingerprint density at radius 1 is 1.75 bits per heavy atom. The van der Waals surface area contributed by atoms with Gasteiger partial charge in [0.25, 0.3) is 0 Å². The molecule has 0 amide bonds. The van der Waals surface area contributed by atoms with E-state index in [-0.39, 0.29) is 11.7 Å². The van der Waals surface area contributed by atoms with Crippen LogP contribution in [-0.2, 0) is 0 Å². The molecule has 1 aromatic heterocycles. The zero-order valence-electron chi connectivity index (χ0n) is 6.47. The van der Waals surface area contributed by atoms with Gasteiger partial charge in [-0.2, -0.15) is 0 Å². The number of hydrogen-bond donors (Lipinski definition) is 2. The van der Waals surface area contributed by atoms with Crippen LogP contribution in [0.15, 0.2) is 12.3 Å². The molecular weight excluding hydrogens is 178 g/mol. The van der Waals surface area contributed by atoms with Crippen molar-refractivity contribution in [2.75, 3.05) is 7.11 Å². The predicted molar refractivity (Wildman–Crippen MR) is 46.8 cm³/mol. The van der Waals surface area contributed by atoms with Gasteiger partial charge in [-0.1, -0.05) is 11.6 Å². The summed E-state index contributed by atoms with van der Waals surface area (Å²) in [6, 6.07) is 1.56. The molecule has 64 valence electrons. The fourth-order valence-electron chi connectivity index (χ4n) is 0.819. The molecule has 1 aromatic rings. The quantitative estimate of drug-likeness (QED) is 0.534. The van der Waals surface area contributed by atoms with Gasteiger partial charge in [0.2, 0.25) is 5.88 Å². The van der Waals surface area contributed by atoms with Crippen molar-refractivity contribution in [2.24, 2.45) is 5.73 Å². The average Bonchev–Trinajstić information content (AvgIpc) is 2.03. The Morgan fingerprint density at radius 3 is 2.83 bits per heavy atom. The minimum atomic E-state index is -0.148. The number of aromatic nitrogens is 1. The van der Waals surface area contributed by atoms with Crippen molar-refractivity contribution >= 4 is 17.4 Å². The maximum Gasteiger partial charge on any atom is 0.225 e. The number of nitrogen functional groups attached to an aromatic ring is 1. The highest BCUT2D eigenvalue weighted by atomic mass is 35.5. The lowest BCUT2D eigenvalue weighted by molar-refractivity contribution is 0.397. The second-order valence-corrected chi connectivity index (χ2v) is 2.50. The number of nitrogens with one attached hydrogen (secondary N) is 1. The third-order valence-corrected chi connectivity index (χ3v) is 1.64. The van der Waals surface area contributed by atoms with E-state index in [0.29, 0.717) is 10.6 Å². The molecule has 0 aliphatic heterocycles. The van der Waals surface area contributed by atoms with E-state index >= 15 is 0 Å². The Morgan fingerprint density at radius 2 is 2.42 bits per heavy atom. The van der Waals surface area contributed by atoms with Crippen molar-refractivity contribution in [3.63, 3.8) is 0 Å². The number of methoxy groups -OCH3 is 1. The molecule has 0 saturated carbocycles. The number of hydrogen-bond acceptors (Lipinski definition) is 3. The average molecular weight is 186 g/mol. The van der Waals surface area contributed by atoms with Gasteiger partial charge in [0.05, 0.1) is 17.7 Å². The maximum absolute atomic E-state index is 7.19. The summed E-state index contributed by atoms with van der Waals surface area (Å²) in [4.78, 5) is 3.85. The van der Waals surface area contributed by atoms with Gasteiger partial charge in [0.15, 0.2) is 0 Å². The Bertz CT molecular complexity index is 314. The van der Waals surface area contributed by atoms with Crippen molar-refractivity contribution < 1.29 is 4.74 Å². The number of amidine groups is 1. The zero-order chi connectivity index (χ0) is 9.14. The molecule has 0 aliphatic rings. The summed E-state index contributed by atoms with van der Waals surface area (Å²) >= 11 is 5.76. The summed E-state index contributed by atoms with van der Waals surface area (Å²) in [7, 11) is 1.45. The zero-order valence-corrected chi connectivity index (χ0v) is 7.22. The highest BCUT2D eigenvalue weighted by Gasteiger charge is 2.10. The van der Waals surface area contributed by atoms with Crippen LogP contribution >= 0.6 is 11.6 Å². The molecule has 3 N–H and O–H groups in total. The third kappa shape index (κ3) is 1.48. The first kappa shape index (κ1) is 8.80. The summed E-state index contributed by atoms with van der Waals surface area (Å²) in [5.41, 5.74) is 5.60. The van der Waals surface area contributed by atoms with Crippen LogP contribution in [0.25, 0.3) is 0 Å². The van der Waals surface area contributed by atoms with Gasteiger partial charge in [0.1, 0.15) is 5.84 Å². The first-order valence-electron chi connectivity index (χ1n) is 3.19. The van der Waals surface area contributed by atoms with Gasteiger partial charge in [-0.3, -0.25) is 5.41 Å². The van der Waals surface area contributed by atoms with Crippen molar-refractivity contribution in [3.05, 3.63) is 22.8 Å². The summed E-state index contributed by atoms with van der Waals surface area (Å²) in [6.07, 6.45) is 1.49. The molecule has 0 unspecified atom stereocenters. The first-order chi connectivity index (χ1) is 5.66. The third-order valence-electron chi connectivity index (χ3n) is 1.33. The van der Waals surface area contributed by atoms with Crippen molar-refractivity contribution in [1.82, 2.24) is 4.98 Å². The lowest BCUT2D eigenvalue weighted by Crippen LogP contribution is -2.13. The molecule has 4 nitrogen and oxygen atoms in total. The molecule has 0 aliphatic carbocycles. The smallest absolute Gasteiger partial charge is 0.225 e. The van der Waals surface area contributed by atoms with Crippen LogP contribution in [0.4, 0.5) is 0 Å². The second kappa shape index (κ2) is 3.40. The van der Waals surface area contributed by atoms with Crippen molar-refractivity contribution in [1.29, 1.82) is 5.41 Å². The molecule has 0 atom stereocenters. The maximum atomic E-state index is 7.19. The lowest BCUT2D eigenvalue weighted by atomic mass is 10.2. The van der Waals surface area contributed by atoms with E-state index in [9.17, 15) is 0 Å². The molecule has 1 heterocycles. The predicted octanol–water partition coefficient (Wildman–Crippen LogP) is 1.03. The number of pyridine rings is 1. The van der Waals surface area contributed by atoms with Crippen LogP contribution in [0.1, 0.15) is 5.56 Å². The standard InChI is InChI=1S/C7H8ClN3O/c1-12-7-5(6(9)10)4(8)2-3-11-7/h2-3H,1H3,(H3,9,10). The van der Waals surface area contributed by atoms with E-state index in [1.54, 1.807) is 6.07 Å². The van der Waals surface area contributed by atoms with Gasteiger partial charge in [0, 0.05) is 6.20 Å². The molecule has 1 rings (SSSR count). The van der Waals surface area contributed by atoms with E-state index in [1.807, 2.05) is 0 Å². The van der Waals surface area contributed by atoms with Crippen LogP contribution in [0.2, 0.25) is 5.02 Å². The van der Waals surface area contributed by atoms with Crippen LogP contribution in [0, 0.1) is 5.41 Å². The normalized spacial score (nSPS) is 9.50. The van der Waals surface area contributed by atoms with Crippen LogP contribution in [-0.4, -0.2) is 17.9 Å². The molecule has 0 fully saturated rings. The minimum Gasteiger partial charge on any atom is -0.480 e. The van der Waals surface area contributed by atoms with Gasteiger partial charge in [-0.25, -0.2) is 4.98 Å². The molecule has 0 aromatic carbocycles. The lowest BCUT2D eigenvalue weighted by Gasteiger charge is -2.06. The van der Waals surface area contributed by atoms with Crippen molar-refractivity contribution in [3.8, 4) is 5.88 Å². The second-order valence-electron chi connectivity index (χ2n) is 2.09. The molecule has 12 heavy (non-hydrogen) atoms. The number of halogens is 1. The number of nitrogens with zero attached hydrogens (tertiary/aromatic N) is 1. The van der Waals surface area contributed by atoms with E-state index in [2.05, 4.69) is 4.98 Å². The summed E-state index contributed by atoms with van der Waals surface area (Å²) in [5, 5.41) is 7.56. The molecule has 0 saturated heterocycles. The number of ether oxygens (including phenoxy) is 1. The minimum absolute atomic E-state index is 0.148. The fraction of sp³-hybridized carbons (Fsp3) is 0.143. The summed E-state index contributed by atoms with van der Waals surface area (Å²) < 4.78 is 4.87. The van der Waals surface area contributed by atoms with Gasteiger partial charge < -0.3 is 10.5 Å². The Labute approximate surface area is 74.8 Å². The Kier molecular flexibility index (Phi) is 2.50. The van der Waals surface area contributed by atoms with E-state index < -0.39 is 0 Å². The number of nitrogens with two attached hydrogens (primary N) is 1. The van der Waals surface area contributed by atoms with E-state index in [0.717, 1.165) is 0 Å². The fourth-order valence-corrected chi connectivity index (χ4v) is 1.06. The van der Waals surface area contributed by atoms with Gasteiger partial charge >= 0.3 is 0 Å². The topological polar surface area (TPSA) is 72.0 Å². The molecule has 5 heteroatoms. The van der Waals surface area contributed by atoms with Crippen LogP contribution in [0.5, 0.6) is 5.88 Å². The molecule has 0 spiro atoms. The summed E-state index contributed by atoms with van der Waals surface area (Å²) in [5.74, 6) is 0.125. The van der Waals surface area contributed by atoms with E-state index in [4.69, 9.17) is 27.5 Å². The molecular formula is C7H8ClN3O.